The van der Waals surface area contributed by atoms with Crippen LogP contribution in [0.1, 0.15) is 12.8 Å². The summed E-state index contributed by atoms with van der Waals surface area (Å²) in [5.74, 6) is 0. The summed E-state index contributed by atoms with van der Waals surface area (Å²) in [6, 6.07) is 8.67. The van der Waals surface area contributed by atoms with E-state index < -0.39 is 0 Å². The van der Waals surface area contributed by atoms with Gasteiger partial charge in [0, 0.05) is 45.3 Å². The van der Waals surface area contributed by atoms with Crippen molar-refractivity contribution in [2.75, 3.05) is 44.2 Å². The highest BCUT2D eigenvalue weighted by molar-refractivity contribution is 6.33. The molecule has 21 heavy (non-hydrogen) atoms. The molecule has 5 heteroatoms. The smallest absolute Gasteiger partial charge is 0.0791 e. The first kappa shape index (κ1) is 15.1. The maximum absolute atomic E-state index is 10.1. The van der Waals surface area contributed by atoms with Gasteiger partial charge in [-0.15, -0.1) is 0 Å². The van der Waals surface area contributed by atoms with Gasteiger partial charge in [0.25, 0.3) is 0 Å². The Bertz CT molecular complexity index is 459. The Morgan fingerprint density at radius 3 is 2.57 bits per heavy atom. The van der Waals surface area contributed by atoms with Crippen molar-refractivity contribution in [1.29, 1.82) is 0 Å². The quantitative estimate of drug-likeness (QED) is 0.837. The maximum atomic E-state index is 10.1. The summed E-state index contributed by atoms with van der Waals surface area (Å²) < 4.78 is 0. The van der Waals surface area contributed by atoms with Crippen molar-refractivity contribution in [2.45, 2.75) is 25.0 Å². The molecule has 0 radical (unpaired) electrons. The number of piperazine rings is 1. The molecule has 2 aliphatic rings. The number of hydrogen-bond donors (Lipinski definition) is 2. The molecule has 1 heterocycles. The van der Waals surface area contributed by atoms with Crippen molar-refractivity contribution in [2.24, 2.45) is 0 Å². The van der Waals surface area contributed by atoms with Crippen molar-refractivity contribution in [3.8, 4) is 0 Å². The molecule has 4 nitrogen and oxygen atoms in total. The summed E-state index contributed by atoms with van der Waals surface area (Å²) >= 11 is 6.25. The Morgan fingerprint density at radius 2 is 1.90 bits per heavy atom. The largest absolute Gasteiger partial charge is 0.390 e. The van der Waals surface area contributed by atoms with Crippen LogP contribution in [0.25, 0.3) is 0 Å². The number of anilines is 1. The van der Waals surface area contributed by atoms with Gasteiger partial charge in [0.15, 0.2) is 0 Å². The maximum Gasteiger partial charge on any atom is 0.0791 e. The fourth-order valence-electron chi connectivity index (χ4n) is 2.83. The fraction of sp³-hybridized carbons (Fsp3) is 0.625. The third-order valence-electron chi connectivity index (χ3n) is 4.25. The van der Waals surface area contributed by atoms with E-state index in [0.717, 1.165) is 50.0 Å². The summed E-state index contributed by atoms with van der Waals surface area (Å²) in [5, 5.41) is 14.3. The van der Waals surface area contributed by atoms with Crippen LogP contribution in [0.5, 0.6) is 0 Å². The second-order valence-corrected chi connectivity index (χ2v) is 6.48. The zero-order chi connectivity index (χ0) is 14.7. The summed E-state index contributed by atoms with van der Waals surface area (Å²) in [4.78, 5) is 4.67. The van der Waals surface area contributed by atoms with Crippen LogP contribution >= 0.6 is 11.6 Å². The van der Waals surface area contributed by atoms with Gasteiger partial charge >= 0.3 is 0 Å². The predicted octanol–water partition coefficient (Wildman–Crippen LogP) is 1.57. The second kappa shape index (κ2) is 6.97. The van der Waals surface area contributed by atoms with Gasteiger partial charge < -0.3 is 15.3 Å². The van der Waals surface area contributed by atoms with E-state index in [1.54, 1.807) is 0 Å². The zero-order valence-electron chi connectivity index (χ0n) is 12.3. The summed E-state index contributed by atoms with van der Waals surface area (Å²) in [6.07, 6.45) is 2.27. The minimum Gasteiger partial charge on any atom is -0.390 e. The Kier molecular flexibility index (Phi) is 5.01. The molecular formula is C16H24ClN3O. The highest BCUT2D eigenvalue weighted by Crippen LogP contribution is 2.26. The van der Waals surface area contributed by atoms with Crippen LogP contribution in [0.3, 0.4) is 0 Å². The first-order valence-corrected chi connectivity index (χ1v) is 8.23. The van der Waals surface area contributed by atoms with E-state index in [9.17, 15) is 5.11 Å². The zero-order valence-corrected chi connectivity index (χ0v) is 13.1. The molecule has 0 bridgehead atoms. The molecular weight excluding hydrogens is 286 g/mol. The molecule has 1 aromatic rings. The number of β-amino-alcohol motifs (C(OH)–C–C–N with tert-alkyl or cyclic N) is 1. The van der Waals surface area contributed by atoms with Crippen LogP contribution < -0.4 is 10.2 Å². The number of halogens is 1. The van der Waals surface area contributed by atoms with Crippen LogP contribution in [0.2, 0.25) is 5.02 Å². The van der Waals surface area contributed by atoms with Gasteiger partial charge in [-0.05, 0) is 25.0 Å². The number of rotatable bonds is 6. The summed E-state index contributed by atoms with van der Waals surface area (Å²) in [5.41, 5.74) is 1.12. The average Bonchev–Trinajstić information content (AvgIpc) is 3.31. The Hall–Kier alpha value is -0.810. The standard InChI is InChI=1S/C16H24ClN3O/c17-15-3-1-2-4-16(15)20-9-7-19(8-10-20)12-14(21)11-18-13-5-6-13/h1-4,13-14,18,21H,5-12H2. The number of aliphatic hydroxyl groups is 1. The lowest BCUT2D eigenvalue weighted by Gasteiger charge is -2.37. The van der Waals surface area contributed by atoms with Gasteiger partial charge in [-0.25, -0.2) is 0 Å². The van der Waals surface area contributed by atoms with E-state index in [-0.39, 0.29) is 6.10 Å². The Balaban J connectivity index is 1.43. The van der Waals surface area contributed by atoms with E-state index in [1.165, 1.54) is 12.8 Å². The third-order valence-corrected chi connectivity index (χ3v) is 4.57. The van der Waals surface area contributed by atoms with Gasteiger partial charge in [-0.2, -0.15) is 0 Å². The molecule has 1 atom stereocenters. The molecule has 1 unspecified atom stereocenters. The number of aliphatic hydroxyl groups excluding tert-OH is 1. The number of nitrogens with one attached hydrogen (secondary N) is 1. The van der Waals surface area contributed by atoms with Crippen LogP contribution in [-0.2, 0) is 0 Å². The molecule has 1 aliphatic heterocycles. The van der Waals surface area contributed by atoms with Crippen LogP contribution in [-0.4, -0.2) is 61.4 Å². The topological polar surface area (TPSA) is 38.7 Å². The van der Waals surface area contributed by atoms with Gasteiger partial charge in [-0.3, -0.25) is 4.90 Å². The van der Waals surface area contributed by atoms with E-state index in [2.05, 4.69) is 21.2 Å². The van der Waals surface area contributed by atoms with Crippen molar-refractivity contribution in [3.05, 3.63) is 29.3 Å². The van der Waals surface area contributed by atoms with Crippen molar-refractivity contribution in [1.82, 2.24) is 10.2 Å². The fourth-order valence-corrected chi connectivity index (χ4v) is 3.09. The molecule has 1 aliphatic carbocycles. The van der Waals surface area contributed by atoms with Crippen LogP contribution in [0.4, 0.5) is 5.69 Å². The van der Waals surface area contributed by atoms with Crippen molar-refractivity contribution >= 4 is 17.3 Å². The molecule has 1 saturated carbocycles. The van der Waals surface area contributed by atoms with Gasteiger partial charge in [0.05, 0.1) is 16.8 Å². The molecule has 1 saturated heterocycles. The molecule has 116 valence electrons. The van der Waals surface area contributed by atoms with E-state index in [4.69, 9.17) is 11.6 Å². The normalized spacial score (nSPS) is 21.5. The SMILES string of the molecule is OC(CNC1CC1)CN1CCN(c2ccccc2Cl)CC1. The molecule has 2 fully saturated rings. The first-order valence-electron chi connectivity index (χ1n) is 7.85. The minimum absolute atomic E-state index is 0.266. The molecule has 0 spiro atoms. The number of nitrogens with zero attached hydrogens (tertiary/aromatic N) is 2. The Morgan fingerprint density at radius 1 is 1.19 bits per heavy atom. The van der Waals surface area contributed by atoms with Crippen LogP contribution in [0, 0.1) is 0 Å². The van der Waals surface area contributed by atoms with Crippen molar-refractivity contribution < 1.29 is 5.11 Å². The van der Waals surface area contributed by atoms with Crippen LogP contribution in [0.15, 0.2) is 24.3 Å². The predicted molar refractivity (Wildman–Crippen MR) is 87.1 cm³/mol. The van der Waals surface area contributed by atoms with Gasteiger partial charge in [-0.1, -0.05) is 23.7 Å². The summed E-state index contributed by atoms with van der Waals surface area (Å²) in [6.45, 7) is 5.36. The Labute approximate surface area is 131 Å². The number of hydrogen-bond acceptors (Lipinski definition) is 4. The number of benzene rings is 1. The molecule has 3 rings (SSSR count). The van der Waals surface area contributed by atoms with Gasteiger partial charge in [0.2, 0.25) is 0 Å². The minimum atomic E-state index is -0.266. The molecule has 2 N–H and O–H groups in total. The lowest BCUT2D eigenvalue weighted by Crippen LogP contribution is -2.50. The first-order chi connectivity index (χ1) is 10.2. The number of para-hydroxylation sites is 1. The average molecular weight is 310 g/mol. The summed E-state index contributed by atoms with van der Waals surface area (Å²) in [7, 11) is 0. The molecule has 0 amide bonds. The lowest BCUT2D eigenvalue weighted by atomic mass is 10.2. The lowest BCUT2D eigenvalue weighted by molar-refractivity contribution is 0.107. The van der Waals surface area contributed by atoms with E-state index >= 15 is 0 Å². The molecule has 1 aromatic carbocycles. The highest BCUT2D eigenvalue weighted by Gasteiger charge is 2.23. The van der Waals surface area contributed by atoms with Gasteiger partial charge in [0.1, 0.15) is 0 Å². The highest BCUT2D eigenvalue weighted by atomic mass is 35.5. The van der Waals surface area contributed by atoms with Crippen molar-refractivity contribution in [3.63, 3.8) is 0 Å². The van der Waals surface area contributed by atoms with E-state index in [1.807, 2.05) is 18.2 Å². The second-order valence-electron chi connectivity index (χ2n) is 6.08. The molecule has 0 aromatic heterocycles. The third kappa shape index (κ3) is 4.33. The van der Waals surface area contributed by atoms with E-state index in [0.29, 0.717) is 6.04 Å². The monoisotopic (exact) mass is 309 g/mol.